The lowest BCUT2D eigenvalue weighted by atomic mass is 10.2. The number of carbonyl (C=O) groups excluding carboxylic acids is 2. The van der Waals surface area contributed by atoms with Crippen molar-refractivity contribution in [1.29, 1.82) is 0 Å². The number of carbonyl (C=O) groups is 2. The number of amides is 1. The van der Waals surface area contributed by atoms with Crippen molar-refractivity contribution in [3.8, 4) is 0 Å². The predicted octanol–water partition coefficient (Wildman–Crippen LogP) is 3.86. The molecule has 2 aromatic rings. The van der Waals surface area contributed by atoms with Crippen LogP contribution in [-0.4, -0.2) is 18.0 Å². The van der Waals surface area contributed by atoms with Gasteiger partial charge in [-0.15, -0.1) is 0 Å². The number of hydrogen-bond donors (Lipinski definition) is 1. The Labute approximate surface area is 144 Å². The van der Waals surface area contributed by atoms with Gasteiger partial charge in [-0.05, 0) is 30.7 Å². The first-order valence-electron chi connectivity index (χ1n) is 6.95. The molecule has 0 bridgehead atoms. The smallest absolute Gasteiger partial charge is 0.340 e. The second kappa shape index (κ2) is 7.99. The SMILES string of the molecule is C[C@H](OC(=O)c1cc(Cl)ccc1Cl)C(=O)NCc1ccccc1. The Kier molecular flexibility index (Phi) is 6.02. The van der Waals surface area contributed by atoms with E-state index >= 15 is 0 Å². The predicted molar refractivity (Wildman–Crippen MR) is 89.6 cm³/mol. The van der Waals surface area contributed by atoms with Crippen LogP contribution in [0.1, 0.15) is 22.8 Å². The third-order valence-electron chi connectivity index (χ3n) is 3.11. The minimum atomic E-state index is -0.943. The van der Waals surface area contributed by atoms with E-state index in [1.807, 2.05) is 30.3 Å². The Morgan fingerprint density at radius 3 is 2.52 bits per heavy atom. The van der Waals surface area contributed by atoms with Gasteiger partial charge in [-0.1, -0.05) is 53.5 Å². The van der Waals surface area contributed by atoms with Gasteiger partial charge in [0.2, 0.25) is 0 Å². The highest BCUT2D eigenvalue weighted by Crippen LogP contribution is 2.21. The standard InChI is InChI=1S/C17H15Cl2NO3/c1-11(16(21)20-10-12-5-3-2-4-6-12)23-17(22)14-9-13(18)7-8-15(14)19/h2-9,11H,10H2,1H3,(H,20,21)/t11-/m0/s1. The summed E-state index contributed by atoms with van der Waals surface area (Å²) in [6.07, 6.45) is -0.943. The highest BCUT2D eigenvalue weighted by Gasteiger charge is 2.20. The maximum Gasteiger partial charge on any atom is 0.340 e. The van der Waals surface area contributed by atoms with Gasteiger partial charge in [-0.2, -0.15) is 0 Å². The summed E-state index contributed by atoms with van der Waals surface area (Å²) in [4.78, 5) is 24.0. The number of benzene rings is 2. The lowest BCUT2D eigenvalue weighted by Crippen LogP contribution is -2.35. The van der Waals surface area contributed by atoms with Crippen molar-refractivity contribution < 1.29 is 14.3 Å². The molecule has 0 saturated heterocycles. The number of rotatable bonds is 5. The quantitative estimate of drug-likeness (QED) is 0.832. The van der Waals surface area contributed by atoms with Crippen molar-refractivity contribution in [2.75, 3.05) is 0 Å². The molecule has 2 rings (SSSR count). The van der Waals surface area contributed by atoms with Crippen LogP contribution in [0.25, 0.3) is 0 Å². The van der Waals surface area contributed by atoms with Crippen LogP contribution in [0.2, 0.25) is 10.0 Å². The first kappa shape index (κ1) is 17.3. The van der Waals surface area contributed by atoms with E-state index in [1.54, 1.807) is 6.07 Å². The average molecular weight is 352 g/mol. The average Bonchev–Trinajstić information content (AvgIpc) is 2.55. The van der Waals surface area contributed by atoms with Crippen LogP contribution in [-0.2, 0) is 16.1 Å². The van der Waals surface area contributed by atoms with Crippen LogP contribution in [0, 0.1) is 0 Å². The van der Waals surface area contributed by atoms with Gasteiger partial charge in [0.15, 0.2) is 6.10 Å². The van der Waals surface area contributed by atoms with Crippen molar-refractivity contribution in [2.45, 2.75) is 19.6 Å². The maximum atomic E-state index is 12.1. The number of nitrogens with one attached hydrogen (secondary N) is 1. The third kappa shape index (κ3) is 4.98. The fourth-order valence-electron chi connectivity index (χ4n) is 1.86. The Bertz CT molecular complexity index is 704. The molecule has 0 spiro atoms. The van der Waals surface area contributed by atoms with Crippen LogP contribution in [0.3, 0.4) is 0 Å². The van der Waals surface area contributed by atoms with Gasteiger partial charge in [0.1, 0.15) is 0 Å². The van der Waals surface area contributed by atoms with Gasteiger partial charge in [0, 0.05) is 11.6 Å². The van der Waals surface area contributed by atoms with Crippen molar-refractivity contribution in [2.24, 2.45) is 0 Å². The molecule has 1 atom stereocenters. The monoisotopic (exact) mass is 351 g/mol. The summed E-state index contributed by atoms with van der Waals surface area (Å²) in [5.74, 6) is -1.08. The highest BCUT2D eigenvalue weighted by molar-refractivity contribution is 6.35. The van der Waals surface area contributed by atoms with Crippen LogP contribution in [0.5, 0.6) is 0 Å². The molecule has 0 aliphatic rings. The summed E-state index contributed by atoms with van der Waals surface area (Å²) in [5, 5.41) is 3.29. The van der Waals surface area contributed by atoms with Gasteiger partial charge < -0.3 is 10.1 Å². The van der Waals surface area contributed by atoms with Crippen molar-refractivity contribution >= 4 is 35.1 Å². The lowest BCUT2D eigenvalue weighted by Gasteiger charge is -2.14. The van der Waals surface area contributed by atoms with E-state index in [9.17, 15) is 9.59 Å². The zero-order chi connectivity index (χ0) is 16.8. The largest absolute Gasteiger partial charge is 0.449 e. The summed E-state index contributed by atoms with van der Waals surface area (Å²) < 4.78 is 5.13. The fraction of sp³-hybridized carbons (Fsp3) is 0.176. The van der Waals surface area contributed by atoms with E-state index in [4.69, 9.17) is 27.9 Å². The van der Waals surface area contributed by atoms with Gasteiger partial charge in [-0.3, -0.25) is 4.79 Å². The summed E-state index contributed by atoms with van der Waals surface area (Å²) in [7, 11) is 0. The first-order valence-corrected chi connectivity index (χ1v) is 7.70. The number of hydrogen-bond acceptors (Lipinski definition) is 3. The third-order valence-corrected chi connectivity index (χ3v) is 3.68. The normalized spacial score (nSPS) is 11.6. The highest BCUT2D eigenvalue weighted by atomic mass is 35.5. The molecule has 0 aliphatic carbocycles. The molecule has 0 aliphatic heterocycles. The molecular formula is C17H15Cl2NO3. The Hall–Kier alpha value is -2.04. The first-order chi connectivity index (χ1) is 11.0. The molecule has 0 saturated carbocycles. The van der Waals surface area contributed by atoms with Gasteiger partial charge in [0.25, 0.3) is 5.91 Å². The van der Waals surface area contributed by atoms with E-state index in [0.717, 1.165) is 5.56 Å². The zero-order valence-corrected chi connectivity index (χ0v) is 13.9. The lowest BCUT2D eigenvalue weighted by molar-refractivity contribution is -0.129. The second-order valence-electron chi connectivity index (χ2n) is 4.88. The molecule has 0 radical (unpaired) electrons. The number of halogens is 2. The summed E-state index contributed by atoms with van der Waals surface area (Å²) in [5.41, 5.74) is 1.08. The van der Waals surface area contributed by atoms with Crippen molar-refractivity contribution in [3.05, 3.63) is 69.7 Å². The Balaban J connectivity index is 1.92. The number of esters is 1. The molecule has 4 nitrogen and oxygen atoms in total. The molecule has 0 heterocycles. The van der Waals surface area contributed by atoms with Crippen LogP contribution in [0.15, 0.2) is 48.5 Å². The molecule has 1 amide bonds. The summed E-state index contributed by atoms with van der Waals surface area (Å²) in [6.45, 7) is 1.86. The van der Waals surface area contributed by atoms with Crippen LogP contribution >= 0.6 is 23.2 Å². The molecule has 0 fully saturated rings. The summed E-state index contributed by atoms with van der Waals surface area (Å²) in [6, 6.07) is 13.9. The molecule has 23 heavy (non-hydrogen) atoms. The van der Waals surface area contributed by atoms with E-state index in [2.05, 4.69) is 5.32 Å². The molecule has 6 heteroatoms. The molecule has 2 aromatic carbocycles. The minimum Gasteiger partial charge on any atom is -0.449 e. The second-order valence-corrected chi connectivity index (χ2v) is 5.72. The Morgan fingerprint density at radius 2 is 1.83 bits per heavy atom. The Morgan fingerprint density at radius 1 is 1.13 bits per heavy atom. The number of ether oxygens (including phenoxy) is 1. The van der Waals surface area contributed by atoms with Gasteiger partial charge in [0.05, 0.1) is 10.6 Å². The van der Waals surface area contributed by atoms with Crippen molar-refractivity contribution in [1.82, 2.24) is 5.32 Å². The fourth-order valence-corrected chi connectivity index (χ4v) is 2.23. The zero-order valence-electron chi connectivity index (χ0n) is 12.4. The molecule has 120 valence electrons. The summed E-state index contributed by atoms with van der Waals surface area (Å²) >= 11 is 11.8. The van der Waals surface area contributed by atoms with Crippen LogP contribution in [0.4, 0.5) is 0 Å². The van der Waals surface area contributed by atoms with Crippen molar-refractivity contribution in [3.63, 3.8) is 0 Å². The van der Waals surface area contributed by atoms with E-state index < -0.39 is 12.1 Å². The molecule has 0 aromatic heterocycles. The maximum absolute atomic E-state index is 12.1. The molecule has 0 unspecified atom stereocenters. The molecular weight excluding hydrogens is 337 g/mol. The topological polar surface area (TPSA) is 55.4 Å². The van der Waals surface area contributed by atoms with E-state index in [0.29, 0.717) is 11.6 Å². The molecule has 1 N–H and O–H groups in total. The van der Waals surface area contributed by atoms with E-state index in [1.165, 1.54) is 19.1 Å². The van der Waals surface area contributed by atoms with Crippen LogP contribution < -0.4 is 5.32 Å². The van der Waals surface area contributed by atoms with Gasteiger partial charge in [-0.25, -0.2) is 4.79 Å². The van der Waals surface area contributed by atoms with E-state index in [-0.39, 0.29) is 16.5 Å². The minimum absolute atomic E-state index is 0.127. The van der Waals surface area contributed by atoms with Gasteiger partial charge >= 0.3 is 5.97 Å².